The Balaban J connectivity index is 1.44. The minimum absolute atomic E-state index is 0.214. The largest absolute Gasteiger partial charge is 0.494 e. The Hall–Kier alpha value is -4.34. The summed E-state index contributed by atoms with van der Waals surface area (Å²) in [6, 6.07) is 23.1. The zero-order chi connectivity index (χ0) is 24.2. The predicted octanol–water partition coefficient (Wildman–Crippen LogP) is 4.14. The zero-order valence-electron chi connectivity index (χ0n) is 19.5. The maximum Gasteiger partial charge on any atom is 0.258 e. The molecule has 6 heteroatoms. The molecular weight excluding hydrogens is 436 g/mol. The van der Waals surface area contributed by atoms with Crippen molar-refractivity contribution in [2.75, 3.05) is 38.1 Å². The molecule has 1 fully saturated rings. The highest BCUT2D eigenvalue weighted by molar-refractivity contribution is 6.02. The standard InChI is InChI=1S/C29H26N4O2/c1-32-15-17-33(18-16-32)24-12-10-23(11-13-24)30-20-27-26-19-22(8-7-21-5-3-2-4-6-21)9-14-25(26)28(34)31-29(27)35/h2-6,9-14,19-20H,15-18H2,1H3,(H2,31,34,35). The molecule has 174 valence electrons. The number of rotatable bonds is 3. The molecule has 6 nitrogen and oxygen atoms in total. The molecule has 1 aliphatic heterocycles. The molecule has 0 atom stereocenters. The van der Waals surface area contributed by atoms with Crippen molar-refractivity contribution in [2.24, 2.45) is 4.99 Å². The van der Waals surface area contributed by atoms with Gasteiger partial charge in [0.2, 0.25) is 5.88 Å². The Morgan fingerprint density at radius 1 is 0.886 bits per heavy atom. The van der Waals surface area contributed by atoms with Crippen molar-refractivity contribution in [3.05, 3.63) is 99.8 Å². The van der Waals surface area contributed by atoms with Crippen LogP contribution in [0.2, 0.25) is 0 Å². The van der Waals surface area contributed by atoms with E-state index in [0.29, 0.717) is 16.3 Å². The average Bonchev–Trinajstić information content (AvgIpc) is 2.89. The SMILES string of the molecule is CN1CCN(c2ccc(N=Cc3c(O)[nH]c(=O)c4ccc(C#Cc5ccccc5)cc34)cc2)CC1. The van der Waals surface area contributed by atoms with Crippen LogP contribution in [0.25, 0.3) is 10.8 Å². The van der Waals surface area contributed by atoms with E-state index in [-0.39, 0.29) is 11.4 Å². The highest BCUT2D eigenvalue weighted by atomic mass is 16.3. The first-order valence-corrected chi connectivity index (χ1v) is 11.6. The molecule has 0 aliphatic carbocycles. The first-order chi connectivity index (χ1) is 17.1. The fourth-order valence-electron chi connectivity index (χ4n) is 4.16. The fourth-order valence-corrected chi connectivity index (χ4v) is 4.16. The monoisotopic (exact) mass is 462 g/mol. The van der Waals surface area contributed by atoms with Crippen molar-refractivity contribution in [2.45, 2.75) is 0 Å². The fraction of sp³-hybridized carbons (Fsp3) is 0.172. The second kappa shape index (κ2) is 9.88. The number of H-pyrrole nitrogens is 1. The minimum Gasteiger partial charge on any atom is -0.494 e. The van der Waals surface area contributed by atoms with E-state index in [1.807, 2.05) is 54.6 Å². The van der Waals surface area contributed by atoms with Crippen LogP contribution in [0.5, 0.6) is 5.88 Å². The summed E-state index contributed by atoms with van der Waals surface area (Å²) < 4.78 is 0. The van der Waals surface area contributed by atoms with Gasteiger partial charge in [-0.15, -0.1) is 0 Å². The number of benzene rings is 3. The molecule has 4 aromatic rings. The maximum atomic E-state index is 12.4. The molecule has 5 rings (SSSR count). The Kier molecular flexibility index (Phi) is 6.34. The lowest BCUT2D eigenvalue weighted by Crippen LogP contribution is -2.44. The second-order valence-corrected chi connectivity index (χ2v) is 8.66. The number of piperazine rings is 1. The number of hydrogen-bond acceptors (Lipinski definition) is 5. The predicted molar refractivity (Wildman–Crippen MR) is 142 cm³/mol. The van der Waals surface area contributed by atoms with Crippen molar-refractivity contribution in [1.29, 1.82) is 0 Å². The van der Waals surface area contributed by atoms with Gasteiger partial charge >= 0.3 is 0 Å². The van der Waals surface area contributed by atoms with Gasteiger partial charge in [-0.05, 0) is 61.6 Å². The van der Waals surface area contributed by atoms with Gasteiger partial charge in [-0.3, -0.25) is 14.8 Å². The molecule has 0 radical (unpaired) electrons. The molecule has 0 unspecified atom stereocenters. The van der Waals surface area contributed by atoms with Gasteiger partial charge < -0.3 is 14.9 Å². The number of aromatic amines is 1. The molecule has 0 spiro atoms. The molecule has 1 aromatic heterocycles. The summed E-state index contributed by atoms with van der Waals surface area (Å²) >= 11 is 0. The Labute approximate surface area is 204 Å². The first-order valence-electron chi connectivity index (χ1n) is 11.6. The molecule has 0 amide bonds. The molecule has 2 heterocycles. The van der Waals surface area contributed by atoms with E-state index in [0.717, 1.165) is 43.0 Å². The van der Waals surface area contributed by atoms with Gasteiger partial charge in [0.1, 0.15) is 0 Å². The van der Waals surface area contributed by atoms with Gasteiger partial charge in [0.25, 0.3) is 5.56 Å². The van der Waals surface area contributed by atoms with E-state index in [2.05, 4.69) is 50.8 Å². The van der Waals surface area contributed by atoms with Gasteiger partial charge in [0, 0.05) is 60.0 Å². The second-order valence-electron chi connectivity index (χ2n) is 8.66. The van der Waals surface area contributed by atoms with E-state index < -0.39 is 0 Å². The van der Waals surface area contributed by atoms with E-state index in [4.69, 9.17) is 0 Å². The molecule has 3 aromatic carbocycles. The number of pyridine rings is 1. The number of aromatic hydroxyl groups is 1. The first kappa shape index (κ1) is 22.5. The smallest absolute Gasteiger partial charge is 0.258 e. The van der Waals surface area contributed by atoms with Gasteiger partial charge in [0.15, 0.2) is 0 Å². The Bertz CT molecular complexity index is 1490. The number of nitrogens with zero attached hydrogens (tertiary/aromatic N) is 3. The van der Waals surface area contributed by atoms with Crippen LogP contribution < -0.4 is 10.5 Å². The molecule has 2 N–H and O–H groups in total. The number of fused-ring (bicyclic) bond motifs is 1. The third kappa shape index (κ3) is 5.11. The van der Waals surface area contributed by atoms with E-state index >= 15 is 0 Å². The quantitative estimate of drug-likeness (QED) is 0.355. The maximum absolute atomic E-state index is 12.4. The van der Waals surface area contributed by atoms with Gasteiger partial charge in [-0.1, -0.05) is 30.0 Å². The summed E-state index contributed by atoms with van der Waals surface area (Å²) in [5, 5.41) is 11.6. The number of aliphatic imine (C=N–C) groups is 1. The van der Waals surface area contributed by atoms with Gasteiger partial charge in [-0.25, -0.2) is 0 Å². The zero-order valence-corrected chi connectivity index (χ0v) is 19.5. The molecule has 1 saturated heterocycles. The lowest BCUT2D eigenvalue weighted by atomic mass is 10.0. The van der Waals surface area contributed by atoms with Crippen LogP contribution in [0.4, 0.5) is 11.4 Å². The van der Waals surface area contributed by atoms with Crippen molar-refractivity contribution in [3.8, 4) is 17.7 Å². The van der Waals surface area contributed by atoms with Crippen LogP contribution in [0.3, 0.4) is 0 Å². The Morgan fingerprint density at radius 3 is 2.34 bits per heavy atom. The highest BCUT2D eigenvalue weighted by Crippen LogP contribution is 2.24. The van der Waals surface area contributed by atoms with Crippen LogP contribution in [0.1, 0.15) is 16.7 Å². The van der Waals surface area contributed by atoms with Crippen LogP contribution >= 0.6 is 0 Å². The number of anilines is 1. The molecule has 0 bridgehead atoms. The van der Waals surface area contributed by atoms with Gasteiger partial charge in [0.05, 0.1) is 11.3 Å². The molecule has 1 aliphatic rings. The summed E-state index contributed by atoms with van der Waals surface area (Å²) in [5.41, 5.74) is 3.69. The lowest BCUT2D eigenvalue weighted by molar-refractivity contribution is 0.313. The molecule has 0 saturated carbocycles. The number of nitrogens with one attached hydrogen (secondary N) is 1. The number of hydrogen-bond donors (Lipinski definition) is 2. The van der Waals surface area contributed by atoms with Gasteiger partial charge in [-0.2, -0.15) is 0 Å². The normalized spacial score (nSPS) is 14.3. The summed E-state index contributed by atoms with van der Waals surface area (Å²) in [4.78, 5) is 24.2. The topological polar surface area (TPSA) is 71.9 Å². The average molecular weight is 463 g/mol. The van der Waals surface area contributed by atoms with E-state index in [1.165, 1.54) is 5.69 Å². The third-order valence-corrected chi connectivity index (χ3v) is 6.23. The highest BCUT2D eigenvalue weighted by Gasteiger charge is 2.14. The Morgan fingerprint density at radius 2 is 1.60 bits per heavy atom. The van der Waals surface area contributed by atoms with Crippen molar-refractivity contribution in [3.63, 3.8) is 0 Å². The van der Waals surface area contributed by atoms with Crippen molar-refractivity contribution >= 4 is 28.4 Å². The van der Waals surface area contributed by atoms with Crippen molar-refractivity contribution in [1.82, 2.24) is 9.88 Å². The van der Waals surface area contributed by atoms with Crippen LogP contribution in [-0.4, -0.2) is 54.4 Å². The van der Waals surface area contributed by atoms with Crippen LogP contribution in [-0.2, 0) is 0 Å². The molecular formula is C29H26N4O2. The van der Waals surface area contributed by atoms with Crippen LogP contribution in [0, 0.1) is 11.8 Å². The summed E-state index contributed by atoms with van der Waals surface area (Å²) in [7, 11) is 2.14. The lowest BCUT2D eigenvalue weighted by Gasteiger charge is -2.34. The minimum atomic E-state index is -0.353. The van der Waals surface area contributed by atoms with E-state index in [9.17, 15) is 9.90 Å². The summed E-state index contributed by atoms with van der Waals surface area (Å²) in [6.45, 7) is 4.12. The van der Waals surface area contributed by atoms with Crippen molar-refractivity contribution < 1.29 is 5.11 Å². The number of likely N-dealkylation sites (N-methyl/N-ethyl adjacent to an activating group) is 1. The van der Waals surface area contributed by atoms with E-state index in [1.54, 1.807) is 12.3 Å². The number of aromatic nitrogens is 1. The summed E-state index contributed by atoms with van der Waals surface area (Å²) in [5.74, 6) is 6.05. The third-order valence-electron chi connectivity index (χ3n) is 6.23. The van der Waals surface area contributed by atoms with Crippen LogP contribution in [0.15, 0.2) is 82.6 Å². The summed E-state index contributed by atoms with van der Waals surface area (Å²) in [6.07, 6.45) is 1.59. The molecule has 35 heavy (non-hydrogen) atoms.